The van der Waals surface area contributed by atoms with Crippen LogP contribution in [-0.4, -0.2) is 17.9 Å². The highest BCUT2D eigenvalue weighted by Gasteiger charge is 2.59. The van der Waals surface area contributed by atoms with Gasteiger partial charge in [0, 0.05) is 6.92 Å². The first-order valence-corrected chi connectivity index (χ1v) is 10.6. The second-order valence-electron chi connectivity index (χ2n) is 10.0. The molecule has 3 fully saturated rings. The van der Waals surface area contributed by atoms with Gasteiger partial charge >= 0.3 is 5.97 Å². The number of Topliss-reactive ketones (excluding diaryl/α,β-unsaturated/α-hetero) is 1. The van der Waals surface area contributed by atoms with Crippen LogP contribution in [-0.2, 0) is 14.3 Å². The molecule has 4 aliphatic carbocycles. The number of esters is 1. The highest BCUT2D eigenvalue weighted by molar-refractivity contribution is 5.95. The fraction of sp³-hybridized carbons (Fsp3) is 0.826. The van der Waals surface area contributed by atoms with E-state index < -0.39 is 0 Å². The summed E-state index contributed by atoms with van der Waals surface area (Å²) in [4.78, 5) is 23.5. The Morgan fingerprint density at radius 2 is 1.81 bits per heavy atom. The molecule has 7 atom stereocenters. The zero-order chi connectivity index (χ0) is 18.7. The lowest BCUT2D eigenvalue weighted by atomic mass is 9.44. The third kappa shape index (κ3) is 2.60. The third-order valence-corrected chi connectivity index (χ3v) is 8.91. The van der Waals surface area contributed by atoms with Crippen LogP contribution < -0.4 is 0 Å². The van der Waals surface area contributed by atoms with Gasteiger partial charge in [0.1, 0.15) is 6.10 Å². The van der Waals surface area contributed by atoms with Crippen molar-refractivity contribution < 1.29 is 14.3 Å². The van der Waals surface area contributed by atoms with Gasteiger partial charge in [0.15, 0.2) is 5.78 Å². The molecule has 1 unspecified atom stereocenters. The van der Waals surface area contributed by atoms with Crippen molar-refractivity contribution in [2.75, 3.05) is 0 Å². The van der Waals surface area contributed by atoms with Crippen LogP contribution in [0.15, 0.2) is 11.6 Å². The minimum atomic E-state index is -0.130. The van der Waals surface area contributed by atoms with Crippen molar-refractivity contribution in [2.24, 2.45) is 34.5 Å². The van der Waals surface area contributed by atoms with E-state index in [0.29, 0.717) is 17.3 Å². The maximum Gasteiger partial charge on any atom is 0.302 e. The van der Waals surface area contributed by atoms with Crippen molar-refractivity contribution >= 4 is 11.8 Å². The van der Waals surface area contributed by atoms with E-state index in [4.69, 9.17) is 4.74 Å². The van der Waals surface area contributed by atoms with Crippen molar-refractivity contribution in [3.8, 4) is 0 Å². The Morgan fingerprint density at radius 3 is 2.50 bits per heavy atom. The summed E-state index contributed by atoms with van der Waals surface area (Å²) in [5.74, 6) is 3.03. The Labute approximate surface area is 157 Å². The van der Waals surface area contributed by atoms with E-state index in [9.17, 15) is 9.59 Å². The molecule has 3 heteroatoms. The van der Waals surface area contributed by atoms with Crippen LogP contribution in [0.3, 0.4) is 0 Å². The Bertz CT molecular complexity index is 650. The first-order valence-electron chi connectivity index (χ1n) is 10.6. The minimum Gasteiger partial charge on any atom is -0.463 e. The van der Waals surface area contributed by atoms with Crippen LogP contribution in [0.1, 0.15) is 79.1 Å². The fourth-order valence-corrected chi connectivity index (χ4v) is 7.67. The second-order valence-corrected chi connectivity index (χ2v) is 10.0. The Hall–Kier alpha value is -1.12. The van der Waals surface area contributed by atoms with Gasteiger partial charge in [0.05, 0.1) is 0 Å². The molecular formula is C23H34O3. The van der Waals surface area contributed by atoms with Gasteiger partial charge in [-0.15, -0.1) is 0 Å². The van der Waals surface area contributed by atoms with E-state index in [1.165, 1.54) is 39.0 Å². The number of hydrogen-bond acceptors (Lipinski definition) is 3. The predicted molar refractivity (Wildman–Crippen MR) is 101 cm³/mol. The summed E-state index contributed by atoms with van der Waals surface area (Å²) < 4.78 is 5.56. The summed E-state index contributed by atoms with van der Waals surface area (Å²) in [5.41, 5.74) is 1.62. The molecule has 0 radical (unpaired) electrons. The second kappa shape index (κ2) is 6.21. The fourth-order valence-electron chi connectivity index (χ4n) is 7.67. The summed E-state index contributed by atoms with van der Waals surface area (Å²) >= 11 is 0. The van der Waals surface area contributed by atoms with Gasteiger partial charge in [0.25, 0.3) is 0 Å². The average Bonchev–Trinajstić information content (AvgIpc) is 2.92. The highest BCUT2D eigenvalue weighted by Crippen LogP contribution is 2.66. The van der Waals surface area contributed by atoms with Crippen molar-refractivity contribution in [3.05, 3.63) is 11.6 Å². The summed E-state index contributed by atoms with van der Waals surface area (Å²) in [7, 11) is 0. The van der Waals surface area contributed by atoms with E-state index in [-0.39, 0.29) is 23.3 Å². The lowest BCUT2D eigenvalue weighted by Gasteiger charge is -2.60. The van der Waals surface area contributed by atoms with E-state index in [0.717, 1.165) is 36.7 Å². The van der Waals surface area contributed by atoms with Gasteiger partial charge < -0.3 is 4.74 Å². The lowest BCUT2D eigenvalue weighted by Crippen LogP contribution is -2.54. The molecule has 4 rings (SSSR count). The Morgan fingerprint density at radius 1 is 1.04 bits per heavy atom. The summed E-state index contributed by atoms with van der Waals surface area (Å²) in [6, 6.07) is 0. The van der Waals surface area contributed by atoms with Crippen LogP contribution in [0.5, 0.6) is 0 Å². The van der Waals surface area contributed by atoms with Gasteiger partial charge in [-0.05, 0) is 98.4 Å². The Balaban J connectivity index is 1.54. The number of rotatable bonds is 2. The van der Waals surface area contributed by atoms with Gasteiger partial charge in [-0.3, -0.25) is 9.59 Å². The van der Waals surface area contributed by atoms with Crippen molar-refractivity contribution in [1.29, 1.82) is 0 Å². The molecule has 0 N–H and O–H groups in total. The van der Waals surface area contributed by atoms with Crippen LogP contribution >= 0.6 is 0 Å². The summed E-state index contributed by atoms with van der Waals surface area (Å²) in [5, 5.41) is 0. The van der Waals surface area contributed by atoms with Crippen molar-refractivity contribution in [1.82, 2.24) is 0 Å². The molecule has 0 bridgehead atoms. The van der Waals surface area contributed by atoms with Gasteiger partial charge in [-0.25, -0.2) is 0 Å². The quantitative estimate of drug-likeness (QED) is 0.646. The lowest BCUT2D eigenvalue weighted by molar-refractivity contribution is -0.159. The van der Waals surface area contributed by atoms with Gasteiger partial charge in [-0.2, -0.15) is 0 Å². The number of carbonyl (C=O) groups excluding carboxylic acids is 2. The molecule has 0 amide bonds. The number of hydrogen-bond donors (Lipinski definition) is 0. The molecule has 0 heterocycles. The topological polar surface area (TPSA) is 43.4 Å². The standard InChI is InChI=1S/C23H34O3/c1-14(24)19-7-8-20-18-6-5-16-13-17(26-15(2)25)9-11-22(16,3)21(18)10-12-23(19,20)4/h7,16-18,20-21H,5-6,8-13H2,1-4H3/t16?,17-,18+,20+,21+,22+,23-/m1/s1. The monoisotopic (exact) mass is 358 g/mol. The van der Waals surface area contributed by atoms with Crippen LogP contribution in [0, 0.1) is 34.5 Å². The van der Waals surface area contributed by atoms with E-state index in [2.05, 4.69) is 19.9 Å². The molecular weight excluding hydrogens is 324 g/mol. The predicted octanol–water partition coefficient (Wildman–Crippen LogP) is 5.09. The number of fused-ring (bicyclic) bond motifs is 5. The molecule has 0 saturated heterocycles. The average molecular weight is 359 g/mol. The molecule has 3 saturated carbocycles. The summed E-state index contributed by atoms with van der Waals surface area (Å²) in [6.45, 7) is 8.17. The first kappa shape index (κ1) is 18.3. The Kier molecular flexibility index (Phi) is 4.36. The zero-order valence-corrected chi connectivity index (χ0v) is 16.8. The summed E-state index contributed by atoms with van der Waals surface area (Å²) in [6.07, 6.45) is 11.7. The maximum atomic E-state index is 12.2. The minimum absolute atomic E-state index is 0.116. The molecule has 0 aromatic heterocycles. The molecule has 0 aliphatic heterocycles. The highest BCUT2D eigenvalue weighted by atomic mass is 16.5. The molecule has 0 aromatic carbocycles. The van der Waals surface area contributed by atoms with Crippen LogP contribution in [0.25, 0.3) is 0 Å². The van der Waals surface area contributed by atoms with Gasteiger partial charge in [-0.1, -0.05) is 19.9 Å². The molecule has 0 spiro atoms. The third-order valence-electron chi connectivity index (χ3n) is 8.91. The number of carbonyl (C=O) groups is 2. The maximum absolute atomic E-state index is 12.2. The van der Waals surface area contributed by atoms with E-state index >= 15 is 0 Å². The van der Waals surface area contributed by atoms with Crippen molar-refractivity contribution in [2.45, 2.75) is 85.2 Å². The molecule has 3 nitrogen and oxygen atoms in total. The molecule has 4 aliphatic rings. The van der Waals surface area contributed by atoms with E-state index in [1.54, 1.807) is 6.92 Å². The molecule has 0 aromatic rings. The smallest absolute Gasteiger partial charge is 0.302 e. The van der Waals surface area contributed by atoms with Crippen molar-refractivity contribution in [3.63, 3.8) is 0 Å². The first-order chi connectivity index (χ1) is 12.3. The normalized spacial score (nSPS) is 47.2. The van der Waals surface area contributed by atoms with E-state index in [1.807, 2.05) is 0 Å². The zero-order valence-electron chi connectivity index (χ0n) is 16.8. The molecule has 144 valence electrons. The SMILES string of the molecule is CC(=O)O[C@@H]1CC[C@@]2(C)C(CC[C@@H]3[C@@H]2CC[C@]2(C)C(C(C)=O)=CC[C@@H]32)C1. The van der Waals surface area contributed by atoms with Crippen LogP contribution in [0.2, 0.25) is 0 Å². The molecule has 26 heavy (non-hydrogen) atoms. The number of ketones is 1. The van der Waals surface area contributed by atoms with Crippen LogP contribution in [0.4, 0.5) is 0 Å². The largest absolute Gasteiger partial charge is 0.463 e. The number of allylic oxidation sites excluding steroid dienone is 2. The van der Waals surface area contributed by atoms with Gasteiger partial charge in [0.2, 0.25) is 0 Å². The number of ether oxygens (including phenoxy) is 1.